The van der Waals surface area contributed by atoms with Crippen molar-refractivity contribution in [3.63, 3.8) is 0 Å². The number of nitrogens with two attached hydrogens (primary N) is 1. The van der Waals surface area contributed by atoms with Gasteiger partial charge in [0.2, 0.25) is 5.89 Å². The third-order valence-corrected chi connectivity index (χ3v) is 3.49. The van der Waals surface area contributed by atoms with Crippen molar-refractivity contribution in [2.24, 2.45) is 11.7 Å². The van der Waals surface area contributed by atoms with E-state index in [0.29, 0.717) is 18.0 Å². The zero-order valence-electron chi connectivity index (χ0n) is 11.6. The van der Waals surface area contributed by atoms with Gasteiger partial charge in [0.15, 0.2) is 5.82 Å². The second-order valence-corrected chi connectivity index (χ2v) is 5.81. The summed E-state index contributed by atoms with van der Waals surface area (Å²) in [6.45, 7) is 8.29. The van der Waals surface area contributed by atoms with Crippen molar-refractivity contribution < 1.29 is 4.52 Å². The molecule has 18 heavy (non-hydrogen) atoms. The van der Waals surface area contributed by atoms with Crippen LogP contribution in [-0.2, 0) is 13.0 Å². The number of hydrogen-bond donors (Lipinski definition) is 1. The topological polar surface area (TPSA) is 68.2 Å². The fraction of sp³-hybridized carbons (Fsp3) is 0.846. The van der Waals surface area contributed by atoms with Gasteiger partial charge >= 0.3 is 0 Å². The second kappa shape index (κ2) is 5.80. The molecule has 102 valence electrons. The third kappa shape index (κ3) is 3.53. The van der Waals surface area contributed by atoms with Gasteiger partial charge in [0.1, 0.15) is 0 Å². The van der Waals surface area contributed by atoms with Gasteiger partial charge < -0.3 is 10.3 Å². The number of piperidine rings is 1. The zero-order chi connectivity index (χ0) is 13.1. The molecule has 1 aromatic rings. The zero-order valence-corrected chi connectivity index (χ0v) is 11.6. The molecule has 1 fully saturated rings. The molecule has 2 unspecified atom stereocenters. The molecule has 0 aromatic carbocycles. The molecule has 1 aromatic heterocycles. The maximum atomic E-state index is 5.96. The molecule has 0 radical (unpaired) electrons. The van der Waals surface area contributed by atoms with Crippen LogP contribution in [0.2, 0.25) is 0 Å². The Morgan fingerprint density at radius 3 is 2.94 bits per heavy atom. The van der Waals surface area contributed by atoms with Crippen LogP contribution in [0.4, 0.5) is 0 Å². The lowest BCUT2D eigenvalue weighted by Crippen LogP contribution is -2.45. The predicted molar refractivity (Wildman–Crippen MR) is 69.9 cm³/mol. The van der Waals surface area contributed by atoms with E-state index in [0.717, 1.165) is 44.1 Å². The highest BCUT2D eigenvalue weighted by Gasteiger charge is 2.24. The van der Waals surface area contributed by atoms with Crippen molar-refractivity contribution >= 4 is 0 Å². The Balaban J connectivity index is 1.91. The SMILES string of the molecule is CC(C)Cc1noc(CN2CCC(N)CC2C)n1. The fourth-order valence-corrected chi connectivity index (χ4v) is 2.47. The van der Waals surface area contributed by atoms with Crippen LogP contribution in [0, 0.1) is 5.92 Å². The van der Waals surface area contributed by atoms with Gasteiger partial charge in [0, 0.05) is 25.0 Å². The van der Waals surface area contributed by atoms with E-state index < -0.39 is 0 Å². The molecule has 2 N–H and O–H groups in total. The fourth-order valence-electron chi connectivity index (χ4n) is 2.47. The van der Waals surface area contributed by atoms with Crippen LogP contribution >= 0.6 is 0 Å². The minimum Gasteiger partial charge on any atom is -0.338 e. The normalized spacial score (nSPS) is 25.8. The largest absolute Gasteiger partial charge is 0.338 e. The van der Waals surface area contributed by atoms with Crippen molar-refractivity contribution in [3.8, 4) is 0 Å². The molecule has 2 atom stereocenters. The van der Waals surface area contributed by atoms with E-state index >= 15 is 0 Å². The van der Waals surface area contributed by atoms with E-state index in [1.54, 1.807) is 0 Å². The van der Waals surface area contributed by atoms with E-state index in [4.69, 9.17) is 10.3 Å². The van der Waals surface area contributed by atoms with Gasteiger partial charge in [-0.1, -0.05) is 19.0 Å². The van der Waals surface area contributed by atoms with E-state index in [9.17, 15) is 0 Å². The third-order valence-electron chi connectivity index (χ3n) is 3.49. The molecule has 2 rings (SSSR count). The average Bonchev–Trinajstić information content (AvgIpc) is 2.69. The van der Waals surface area contributed by atoms with Crippen molar-refractivity contribution in [1.82, 2.24) is 15.0 Å². The lowest BCUT2D eigenvalue weighted by Gasteiger charge is -2.35. The Morgan fingerprint density at radius 1 is 1.50 bits per heavy atom. The van der Waals surface area contributed by atoms with Crippen molar-refractivity contribution in [1.29, 1.82) is 0 Å². The summed E-state index contributed by atoms with van der Waals surface area (Å²) in [4.78, 5) is 6.82. The Hall–Kier alpha value is -0.940. The first-order chi connectivity index (χ1) is 8.54. The average molecular weight is 252 g/mol. The lowest BCUT2D eigenvalue weighted by molar-refractivity contribution is 0.124. The molecule has 0 aliphatic carbocycles. The monoisotopic (exact) mass is 252 g/mol. The van der Waals surface area contributed by atoms with E-state index in [-0.39, 0.29) is 0 Å². The molecular formula is C13H24N4O. The van der Waals surface area contributed by atoms with Crippen LogP contribution < -0.4 is 5.73 Å². The Bertz CT molecular complexity index is 377. The number of hydrogen-bond acceptors (Lipinski definition) is 5. The summed E-state index contributed by atoms with van der Waals surface area (Å²) in [5.74, 6) is 2.11. The minimum atomic E-state index is 0.343. The summed E-state index contributed by atoms with van der Waals surface area (Å²) in [7, 11) is 0. The number of likely N-dealkylation sites (tertiary alicyclic amines) is 1. The smallest absolute Gasteiger partial charge is 0.240 e. The second-order valence-electron chi connectivity index (χ2n) is 5.81. The van der Waals surface area contributed by atoms with Gasteiger partial charge in [-0.3, -0.25) is 4.90 Å². The molecule has 0 saturated carbocycles. The summed E-state index contributed by atoms with van der Waals surface area (Å²) in [5, 5.41) is 4.02. The van der Waals surface area contributed by atoms with Crippen LogP contribution in [0.3, 0.4) is 0 Å². The van der Waals surface area contributed by atoms with Crippen LogP contribution in [0.15, 0.2) is 4.52 Å². The van der Waals surface area contributed by atoms with Crippen molar-refractivity contribution in [2.45, 2.75) is 58.7 Å². The summed E-state index contributed by atoms with van der Waals surface area (Å²) in [5.41, 5.74) is 5.96. The number of nitrogens with zero attached hydrogens (tertiary/aromatic N) is 3. The van der Waals surface area contributed by atoms with Gasteiger partial charge in [-0.15, -0.1) is 0 Å². The van der Waals surface area contributed by atoms with E-state index in [1.165, 1.54) is 0 Å². The highest BCUT2D eigenvalue weighted by atomic mass is 16.5. The maximum absolute atomic E-state index is 5.96. The highest BCUT2D eigenvalue weighted by molar-refractivity contribution is 4.90. The standard InChI is InChI=1S/C13H24N4O/c1-9(2)6-12-15-13(18-16-12)8-17-5-4-11(14)7-10(17)3/h9-11H,4-8,14H2,1-3H3. The van der Waals surface area contributed by atoms with E-state index in [1.807, 2.05) is 0 Å². The summed E-state index contributed by atoms with van der Waals surface area (Å²) in [6, 6.07) is 0.838. The van der Waals surface area contributed by atoms with E-state index in [2.05, 4.69) is 35.8 Å². The number of rotatable bonds is 4. The number of aromatic nitrogens is 2. The Morgan fingerprint density at radius 2 is 2.28 bits per heavy atom. The molecule has 0 bridgehead atoms. The van der Waals surface area contributed by atoms with Crippen molar-refractivity contribution in [3.05, 3.63) is 11.7 Å². The quantitative estimate of drug-likeness (QED) is 0.881. The molecule has 0 amide bonds. The molecule has 1 aliphatic heterocycles. The molecule has 1 aliphatic rings. The van der Waals surface area contributed by atoms with Crippen LogP contribution in [-0.4, -0.2) is 33.7 Å². The van der Waals surface area contributed by atoms with Crippen molar-refractivity contribution in [2.75, 3.05) is 6.54 Å². The first-order valence-electron chi connectivity index (χ1n) is 6.85. The molecule has 2 heterocycles. The van der Waals surface area contributed by atoms with Gasteiger partial charge in [-0.25, -0.2) is 0 Å². The first-order valence-corrected chi connectivity index (χ1v) is 6.85. The van der Waals surface area contributed by atoms with Crippen LogP contribution in [0.25, 0.3) is 0 Å². The lowest BCUT2D eigenvalue weighted by atomic mass is 9.99. The first kappa shape index (κ1) is 13.5. The summed E-state index contributed by atoms with van der Waals surface area (Å²) >= 11 is 0. The molecule has 1 saturated heterocycles. The Kier molecular flexibility index (Phi) is 4.35. The van der Waals surface area contributed by atoms with Crippen LogP contribution in [0.5, 0.6) is 0 Å². The predicted octanol–water partition coefficient (Wildman–Crippen LogP) is 1.58. The molecule has 0 spiro atoms. The molecule has 5 nitrogen and oxygen atoms in total. The highest BCUT2D eigenvalue weighted by Crippen LogP contribution is 2.18. The maximum Gasteiger partial charge on any atom is 0.240 e. The van der Waals surface area contributed by atoms with Gasteiger partial charge in [0.25, 0.3) is 0 Å². The van der Waals surface area contributed by atoms with Gasteiger partial charge in [0.05, 0.1) is 6.54 Å². The van der Waals surface area contributed by atoms with Crippen LogP contribution in [0.1, 0.15) is 45.3 Å². The Labute approximate surface area is 109 Å². The molecule has 5 heteroatoms. The minimum absolute atomic E-state index is 0.343. The summed E-state index contributed by atoms with van der Waals surface area (Å²) in [6.07, 6.45) is 2.98. The summed E-state index contributed by atoms with van der Waals surface area (Å²) < 4.78 is 5.31. The molecular weight excluding hydrogens is 228 g/mol. The van der Waals surface area contributed by atoms with Gasteiger partial charge in [-0.2, -0.15) is 4.98 Å². The van der Waals surface area contributed by atoms with Gasteiger partial charge in [-0.05, 0) is 25.7 Å².